The number of nitrogens with zero attached hydrogens (tertiary/aromatic N) is 2. The molecule has 278 valence electrons. The summed E-state index contributed by atoms with van der Waals surface area (Å²) >= 11 is 4.82. The van der Waals surface area contributed by atoms with E-state index in [2.05, 4.69) is 15.9 Å². The maximum absolute atomic E-state index is 14.5. The Bertz CT molecular complexity index is 2400. The molecule has 6 rings (SSSR count). The molecule has 1 aromatic heterocycles. The van der Waals surface area contributed by atoms with Crippen LogP contribution in [0.5, 0.6) is 23.0 Å². The predicted octanol–water partition coefficient (Wildman–Crippen LogP) is 6.48. The molecule has 0 bridgehead atoms. The van der Waals surface area contributed by atoms with Gasteiger partial charge in [-0.15, -0.1) is 0 Å². The summed E-state index contributed by atoms with van der Waals surface area (Å²) in [4.78, 5) is 45.7. The summed E-state index contributed by atoms with van der Waals surface area (Å²) in [5, 5.41) is 0. The number of hydrogen-bond donors (Lipinski definition) is 0. The second-order valence-corrected chi connectivity index (χ2v) is 13.6. The molecule has 11 nitrogen and oxygen atoms in total. The van der Waals surface area contributed by atoms with E-state index in [-0.39, 0.29) is 30.3 Å². The van der Waals surface area contributed by atoms with Gasteiger partial charge in [-0.25, -0.2) is 14.6 Å². The summed E-state index contributed by atoms with van der Waals surface area (Å²) in [5.41, 5.74) is 3.52. The van der Waals surface area contributed by atoms with Gasteiger partial charge < -0.3 is 28.4 Å². The highest BCUT2D eigenvalue weighted by Crippen LogP contribution is 2.39. The molecule has 0 N–H and O–H groups in total. The quantitative estimate of drug-likeness (QED) is 0.123. The van der Waals surface area contributed by atoms with Crippen LogP contribution < -0.4 is 33.8 Å². The Morgan fingerprint density at radius 3 is 2.19 bits per heavy atom. The summed E-state index contributed by atoms with van der Waals surface area (Å²) < 4.78 is 36.1. The first-order valence-corrected chi connectivity index (χ1v) is 18.6. The molecular formula is C41H37BrN2O9S. The van der Waals surface area contributed by atoms with Crippen LogP contribution in [0.2, 0.25) is 0 Å². The van der Waals surface area contributed by atoms with Crippen molar-refractivity contribution < 1.29 is 38.0 Å². The lowest BCUT2D eigenvalue weighted by Gasteiger charge is -2.26. The zero-order valence-corrected chi connectivity index (χ0v) is 32.6. The molecular weight excluding hydrogens is 776 g/mol. The van der Waals surface area contributed by atoms with Crippen LogP contribution in [0.4, 0.5) is 0 Å². The molecule has 1 aliphatic rings. The molecule has 0 saturated carbocycles. The molecule has 1 atom stereocenters. The standard InChI is InChI=1S/C41H37BrN2O9S/c1-6-51-39(46)27-15-13-24(14-16-27)23-53-37-29(42)19-25(20-32(37)50-5)21-33-38(45)44-36(28-17-18-30(48-3)31(22-28)49-4)34(40(47)52-7-2)35(43-41(44)54-33)26-11-9-8-10-12-26/h8-22,36H,6-7,23H2,1-5H3/b33-21-/t36-/m1/s1. The second kappa shape index (κ2) is 17.0. The van der Waals surface area contributed by atoms with Crippen molar-refractivity contribution in [2.75, 3.05) is 34.5 Å². The van der Waals surface area contributed by atoms with Crippen LogP contribution in [0, 0.1) is 0 Å². The Balaban J connectivity index is 1.44. The van der Waals surface area contributed by atoms with Crippen molar-refractivity contribution in [3.63, 3.8) is 0 Å². The lowest BCUT2D eigenvalue weighted by molar-refractivity contribution is -0.138. The van der Waals surface area contributed by atoms with Gasteiger partial charge in [-0.05, 0) is 88.9 Å². The summed E-state index contributed by atoms with van der Waals surface area (Å²) in [6.07, 6.45) is 1.75. The number of carbonyl (C=O) groups is 2. The minimum Gasteiger partial charge on any atom is -0.493 e. The zero-order valence-electron chi connectivity index (χ0n) is 30.2. The van der Waals surface area contributed by atoms with Gasteiger partial charge in [-0.3, -0.25) is 9.36 Å². The van der Waals surface area contributed by atoms with Gasteiger partial charge >= 0.3 is 11.9 Å². The zero-order chi connectivity index (χ0) is 38.4. The minimum atomic E-state index is -0.902. The fourth-order valence-corrected chi connectivity index (χ4v) is 7.58. The maximum Gasteiger partial charge on any atom is 0.338 e. The van der Waals surface area contributed by atoms with Crippen molar-refractivity contribution in [1.29, 1.82) is 0 Å². The van der Waals surface area contributed by atoms with Crippen LogP contribution in [0.1, 0.15) is 52.5 Å². The Kier molecular flexibility index (Phi) is 12.0. The van der Waals surface area contributed by atoms with Crippen molar-refractivity contribution in [2.45, 2.75) is 26.5 Å². The van der Waals surface area contributed by atoms with E-state index in [9.17, 15) is 14.4 Å². The van der Waals surface area contributed by atoms with Gasteiger partial charge in [0.05, 0.1) is 66.4 Å². The number of carbonyl (C=O) groups excluding carboxylic acids is 2. The van der Waals surface area contributed by atoms with E-state index in [4.69, 9.17) is 33.4 Å². The molecule has 54 heavy (non-hydrogen) atoms. The molecule has 0 fully saturated rings. The number of esters is 2. The molecule has 13 heteroatoms. The highest BCUT2D eigenvalue weighted by atomic mass is 79.9. The van der Waals surface area contributed by atoms with E-state index in [1.54, 1.807) is 68.5 Å². The third-order valence-corrected chi connectivity index (χ3v) is 10.1. The second-order valence-electron chi connectivity index (χ2n) is 11.8. The largest absolute Gasteiger partial charge is 0.493 e. The fraction of sp³-hybridized carbons (Fsp3) is 0.220. The van der Waals surface area contributed by atoms with Crippen molar-refractivity contribution in [3.05, 3.63) is 142 Å². The van der Waals surface area contributed by atoms with Crippen molar-refractivity contribution in [3.8, 4) is 23.0 Å². The number of fused-ring (bicyclic) bond motifs is 1. The molecule has 0 unspecified atom stereocenters. The first-order chi connectivity index (χ1) is 26.2. The van der Waals surface area contributed by atoms with Gasteiger partial charge in [-0.2, -0.15) is 0 Å². The monoisotopic (exact) mass is 812 g/mol. The molecule has 0 amide bonds. The molecule has 2 heterocycles. The molecule has 0 radical (unpaired) electrons. The van der Waals surface area contributed by atoms with Gasteiger partial charge in [0.15, 0.2) is 27.8 Å². The number of thiazole rings is 1. The van der Waals surface area contributed by atoms with Gasteiger partial charge in [0.1, 0.15) is 6.61 Å². The highest BCUT2D eigenvalue weighted by Gasteiger charge is 2.35. The van der Waals surface area contributed by atoms with Gasteiger partial charge in [-0.1, -0.05) is 59.9 Å². The van der Waals surface area contributed by atoms with E-state index >= 15 is 0 Å². The van der Waals surface area contributed by atoms with E-state index in [1.165, 1.54) is 37.2 Å². The molecule has 0 saturated heterocycles. The summed E-state index contributed by atoms with van der Waals surface area (Å²) in [6, 6.07) is 24.3. The summed E-state index contributed by atoms with van der Waals surface area (Å²) in [5.74, 6) is 0.860. The average Bonchev–Trinajstić information content (AvgIpc) is 3.50. The highest BCUT2D eigenvalue weighted by molar-refractivity contribution is 9.10. The van der Waals surface area contributed by atoms with Crippen LogP contribution in [0.25, 0.3) is 11.8 Å². The van der Waals surface area contributed by atoms with Crippen LogP contribution >= 0.6 is 27.3 Å². The number of methoxy groups -OCH3 is 3. The van der Waals surface area contributed by atoms with E-state index in [0.29, 0.717) is 71.4 Å². The van der Waals surface area contributed by atoms with Gasteiger partial charge in [0.2, 0.25) is 0 Å². The first kappa shape index (κ1) is 38.1. The first-order valence-electron chi connectivity index (χ1n) is 17.0. The summed E-state index contributed by atoms with van der Waals surface area (Å²) in [6.45, 7) is 4.13. The maximum atomic E-state index is 14.5. The Morgan fingerprint density at radius 1 is 0.833 bits per heavy atom. The molecule has 1 aliphatic heterocycles. The third kappa shape index (κ3) is 7.82. The summed E-state index contributed by atoms with van der Waals surface area (Å²) in [7, 11) is 4.60. The smallest absolute Gasteiger partial charge is 0.338 e. The number of ether oxygens (including phenoxy) is 6. The van der Waals surface area contributed by atoms with E-state index in [0.717, 1.165) is 5.56 Å². The SMILES string of the molecule is CCOC(=O)C1=C(c2ccccc2)N=c2s/c(=C\c3cc(Br)c(OCc4ccc(C(=O)OCC)cc4)c(OC)c3)c(=O)n2[C@@H]1c1ccc(OC)c(OC)c1. The van der Waals surface area contributed by atoms with E-state index in [1.807, 2.05) is 36.4 Å². The van der Waals surface area contributed by atoms with Crippen molar-refractivity contribution in [1.82, 2.24) is 4.57 Å². The number of halogens is 1. The predicted molar refractivity (Wildman–Crippen MR) is 208 cm³/mol. The van der Waals surface area contributed by atoms with Crippen LogP contribution in [0.15, 0.2) is 105 Å². The Hall–Kier alpha value is -5.66. The normalized spacial score (nSPS) is 13.8. The lowest BCUT2D eigenvalue weighted by Crippen LogP contribution is -2.40. The van der Waals surface area contributed by atoms with Crippen LogP contribution in [-0.2, 0) is 20.9 Å². The topological polar surface area (TPSA) is 124 Å². The average molecular weight is 814 g/mol. The van der Waals surface area contributed by atoms with Crippen molar-refractivity contribution in [2.24, 2.45) is 4.99 Å². The minimum absolute atomic E-state index is 0.131. The molecule has 0 aliphatic carbocycles. The van der Waals surface area contributed by atoms with Gasteiger partial charge in [0.25, 0.3) is 5.56 Å². The molecule has 5 aromatic rings. The number of rotatable bonds is 13. The number of benzene rings is 4. The number of aromatic nitrogens is 1. The molecule has 0 spiro atoms. The van der Waals surface area contributed by atoms with Crippen LogP contribution in [-0.4, -0.2) is 51.0 Å². The third-order valence-electron chi connectivity index (χ3n) is 8.49. The van der Waals surface area contributed by atoms with Crippen LogP contribution in [0.3, 0.4) is 0 Å². The lowest BCUT2D eigenvalue weighted by atomic mass is 9.93. The van der Waals surface area contributed by atoms with Gasteiger partial charge in [0, 0.05) is 5.56 Å². The Labute approximate surface area is 323 Å². The van der Waals surface area contributed by atoms with E-state index < -0.39 is 12.0 Å². The Morgan fingerprint density at radius 2 is 1.52 bits per heavy atom. The fourth-order valence-electron chi connectivity index (χ4n) is 6.00. The molecule has 4 aromatic carbocycles. The number of hydrogen-bond acceptors (Lipinski definition) is 11. The van der Waals surface area contributed by atoms with Crippen molar-refractivity contribution >= 4 is 51.0 Å².